The van der Waals surface area contributed by atoms with Gasteiger partial charge in [0.25, 0.3) is 12.3 Å². The van der Waals surface area contributed by atoms with Gasteiger partial charge in [0.05, 0.1) is 25.4 Å². The third-order valence-electron chi connectivity index (χ3n) is 4.54. The average Bonchev–Trinajstić information content (AvgIpc) is 3.09. The van der Waals surface area contributed by atoms with E-state index in [4.69, 9.17) is 9.47 Å². The number of rotatable bonds is 6. The van der Waals surface area contributed by atoms with E-state index in [1.54, 1.807) is 16.9 Å². The molecule has 0 fully saturated rings. The summed E-state index contributed by atoms with van der Waals surface area (Å²) in [7, 11) is 2.97. The minimum Gasteiger partial charge on any atom is -0.494 e. The van der Waals surface area contributed by atoms with Gasteiger partial charge in [-0.05, 0) is 25.1 Å². The number of hydrogen-bond donors (Lipinski definition) is 1. The number of aromatic nitrogens is 5. The highest BCUT2D eigenvalue weighted by atomic mass is 19.3. The van der Waals surface area contributed by atoms with E-state index in [9.17, 15) is 8.78 Å². The fraction of sp³-hybridized carbons (Fsp3) is 0.200. The smallest absolute Gasteiger partial charge is 0.263 e. The summed E-state index contributed by atoms with van der Waals surface area (Å²) in [4.78, 5) is 12.7. The number of nitrogens with zero attached hydrogens (tertiary/aromatic N) is 5. The number of nitrogens with one attached hydrogen (secondary N) is 1. The van der Waals surface area contributed by atoms with Crippen LogP contribution in [-0.4, -0.2) is 39.0 Å². The number of anilines is 2. The van der Waals surface area contributed by atoms with Gasteiger partial charge in [0.2, 0.25) is 0 Å². The molecule has 154 valence electrons. The first-order chi connectivity index (χ1) is 14.5. The first-order valence-electron chi connectivity index (χ1n) is 8.95. The van der Waals surface area contributed by atoms with Crippen LogP contribution in [-0.2, 0) is 0 Å². The lowest BCUT2D eigenvalue weighted by Crippen LogP contribution is -2.03. The lowest BCUT2D eigenvalue weighted by atomic mass is 10.2. The fourth-order valence-corrected chi connectivity index (χ4v) is 3.10. The molecule has 0 bridgehead atoms. The molecule has 0 unspecified atom stereocenters. The molecule has 0 aliphatic heterocycles. The maximum Gasteiger partial charge on any atom is 0.263 e. The quantitative estimate of drug-likeness (QED) is 0.507. The second-order valence-electron chi connectivity index (χ2n) is 6.36. The Bertz CT molecular complexity index is 1210. The van der Waals surface area contributed by atoms with Gasteiger partial charge in [0, 0.05) is 35.6 Å². The predicted molar refractivity (Wildman–Crippen MR) is 107 cm³/mol. The van der Waals surface area contributed by atoms with Crippen LogP contribution in [0.15, 0.2) is 42.9 Å². The van der Waals surface area contributed by atoms with E-state index in [2.05, 4.69) is 25.4 Å². The van der Waals surface area contributed by atoms with Gasteiger partial charge in [0.1, 0.15) is 17.3 Å². The Morgan fingerprint density at radius 2 is 1.83 bits per heavy atom. The number of pyridine rings is 1. The Morgan fingerprint density at radius 3 is 2.57 bits per heavy atom. The van der Waals surface area contributed by atoms with E-state index in [1.807, 2.05) is 6.92 Å². The van der Waals surface area contributed by atoms with Gasteiger partial charge in [0.15, 0.2) is 5.82 Å². The van der Waals surface area contributed by atoms with Crippen molar-refractivity contribution in [2.45, 2.75) is 13.3 Å². The van der Waals surface area contributed by atoms with Gasteiger partial charge >= 0.3 is 0 Å². The lowest BCUT2D eigenvalue weighted by Gasteiger charge is -2.12. The van der Waals surface area contributed by atoms with E-state index in [0.29, 0.717) is 40.2 Å². The average molecular weight is 412 g/mol. The zero-order chi connectivity index (χ0) is 21.3. The third-order valence-corrected chi connectivity index (χ3v) is 4.54. The largest absolute Gasteiger partial charge is 0.494 e. The van der Waals surface area contributed by atoms with E-state index >= 15 is 0 Å². The van der Waals surface area contributed by atoms with E-state index in [-0.39, 0.29) is 5.56 Å². The molecule has 4 rings (SSSR count). The zero-order valence-electron chi connectivity index (χ0n) is 16.4. The highest BCUT2D eigenvalue weighted by Gasteiger charge is 2.18. The molecule has 3 aromatic heterocycles. The van der Waals surface area contributed by atoms with E-state index in [0.717, 1.165) is 5.39 Å². The number of halogens is 2. The van der Waals surface area contributed by atoms with Crippen molar-refractivity contribution in [3.05, 3.63) is 54.1 Å². The number of methoxy groups -OCH3 is 2. The van der Waals surface area contributed by atoms with Gasteiger partial charge in [-0.2, -0.15) is 5.10 Å². The summed E-state index contributed by atoms with van der Waals surface area (Å²) in [5, 5.41) is 8.36. The van der Waals surface area contributed by atoms with Gasteiger partial charge in [-0.15, -0.1) is 0 Å². The van der Waals surface area contributed by atoms with Crippen molar-refractivity contribution < 1.29 is 18.3 Å². The van der Waals surface area contributed by atoms with Crippen LogP contribution in [0.3, 0.4) is 0 Å². The molecule has 10 heteroatoms. The second kappa shape index (κ2) is 7.90. The summed E-state index contributed by atoms with van der Waals surface area (Å²) >= 11 is 0. The molecule has 0 aliphatic rings. The molecule has 1 aromatic carbocycles. The molecule has 30 heavy (non-hydrogen) atoms. The van der Waals surface area contributed by atoms with Crippen molar-refractivity contribution in [2.24, 2.45) is 0 Å². The molecule has 0 aliphatic carbocycles. The standard InChI is InChI=1S/C20H18F2N6O2/c1-11-13-10-25-17(26-19-20(30-3)24-7-6-23-19)9-14(13)28(27-11)15-8-12(18(21)22)4-5-16(15)29-2/h4-10,18H,1-3H3,(H,23,25,26). The third kappa shape index (κ3) is 3.47. The molecular weight excluding hydrogens is 394 g/mol. The molecule has 0 saturated heterocycles. The molecule has 0 saturated carbocycles. The molecule has 0 radical (unpaired) electrons. The van der Waals surface area contributed by atoms with Crippen molar-refractivity contribution in [3.8, 4) is 17.3 Å². The van der Waals surface area contributed by atoms with Crippen molar-refractivity contribution >= 4 is 22.5 Å². The number of benzene rings is 1. The Morgan fingerprint density at radius 1 is 1.03 bits per heavy atom. The molecule has 0 atom stereocenters. The summed E-state index contributed by atoms with van der Waals surface area (Å²) in [5.74, 6) is 1.60. The van der Waals surface area contributed by atoms with E-state index in [1.165, 1.54) is 44.8 Å². The summed E-state index contributed by atoms with van der Waals surface area (Å²) in [6, 6.07) is 5.96. The van der Waals surface area contributed by atoms with Crippen LogP contribution >= 0.6 is 0 Å². The summed E-state index contributed by atoms with van der Waals surface area (Å²) in [5.41, 5.74) is 1.65. The Kier molecular flexibility index (Phi) is 5.13. The maximum atomic E-state index is 13.3. The van der Waals surface area contributed by atoms with Crippen molar-refractivity contribution in [3.63, 3.8) is 0 Å². The number of alkyl halides is 2. The molecule has 1 N–H and O–H groups in total. The Hall–Kier alpha value is -3.82. The number of ether oxygens (including phenoxy) is 2. The molecule has 0 spiro atoms. The molecule has 4 aromatic rings. The number of fused-ring (bicyclic) bond motifs is 1. The molecule has 3 heterocycles. The second-order valence-corrected chi connectivity index (χ2v) is 6.36. The molecular formula is C20H18F2N6O2. The Labute approximate surface area is 170 Å². The van der Waals surface area contributed by atoms with Crippen LogP contribution in [0.2, 0.25) is 0 Å². The molecule has 8 nitrogen and oxygen atoms in total. The lowest BCUT2D eigenvalue weighted by molar-refractivity contribution is 0.151. The zero-order valence-corrected chi connectivity index (χ0v) is 16.4. The van der Waals surface area contributed by atoms with Crippen LogP contribution in [0.4, 0.5) is 20.4 Å². The summed E-state index contributed by atoms with van der Waals surface area (Å²) in [6.45, 7) is 1.82. The fourth-order valence-electron chi connectivity index (χ4n) is 3.10. The first-order valence-corrected chi connectivity index (χ1v) is 8.95. The van der Waals surface area contributed by atoms with Crippen LogP contribution < -0.4 is 14.8 Å². The maximum absolute atomic E-state index is 13.3. The first kappa shape index (κ1) is 19.5. The van der Waals surface area contributed by atoms with Crippen LogP contribution in [0.1, 0.15) is 17.7 Å². The topological polar surface area (TPSA) is 87.0 Å². The summed E-state index contributed by atoms with van der Waals surface area (Å²) in [6.07, 6.45) is 2.09. The van der Waals surface area contributed by atoms with Crippen LogP contribution in [0.5, 0.6) is 11.6 Å². The van der Waals surface area contributed by atoms with Gasteiger partial charge in [-0.1, -0.05) is 0 Å². The van der Waals surface area contributed by atoms with E-state index < -0.39 is 6.43 Å². The number of aryl methyl sites for hydroxylation is 1. The normalized spacial score (nSPS) is 11.1. The predicted octanol–water partition coefficient (Wildman–Crippen LogP) is 4.22. The minimum atomic E-state index is -2.61. The van der Waals surface area contributed by atoms with Crippen molar-refractivity contribution in [1.29, 1.82) is 0 Å². The van der Waals surface area contributed by atoms with Crippen LogP contribution in [0.25, 0.3) is 16.6 Å². The highest BCUT2D eigenvalue weighted by molar-refractivity contribution is 5.85. The Balaban J connectivity index is 1.84. The van der Waals surface area contributed by atoms with Gasteiger partial charge in [-0.25, -0.2) is 28.4 Å². The van der Waals surface area contributed by atoms with Gasteiger partial charge in [-0.3, -0.25) is 0 Å². The van der Waals surface area contributed by atoms with Crippen LogP contribution in [0, 0.1) is 6.92 Å². The number of hydrogen-bond acceptors (Lipinski definition) is 7. The monoisotopic (exact) mass is 412 g/mol. The minimum absolute atomic E-state index is 0.121. The van der Waals surface area contributed by atoms with Gasteiger partial charge < -0.3 is 14.8 Å². The highest BCUT2D eigenvalue weighted by Crippen LogP contribution is 2.32. The summed E-state index contributed by atoms with van der Waals surface area (Å²) < 4.78 is 38.7. The SMILES string of the molecule is COc1ccc(C(F)F)cc1-n1nc(C)c2cnc(Nc3nccnc3OC)cc21. The molecule has 0 amide bonds. The van der Waals surface area contributed by atoms with Crippen molar-refractivity contribution in [1.82, 2.24) is 24.7 Å². The van der Waals surface area contributed by atoms with Crippen molar-refractivity contribution in [2.75, 3.05) is 19.5 Å².